The molecule has 38 heavy (non-hydrogen) atoms. The number of likely N-dealkylation sites (N-methyl/N-ethyl adjacent to an activating group) is 1. The largest absolute Gasteiger partial charge is 0.507 e. The van der Waals surface area contributed by atoms with Gasteiger partial charge in [0, 0.05) is 47.4 Å². The second-order valence-electron chi connectivity index (χ2n) is 8.39. The summed E-state index contributed by atoms with van der Waals surface area (Å²) in [4.78, 5) is 33.9. The first-order valence-electron chi connectivity index (χ1n) is 11.0. The van der Waals surface area contributed by atoms with Crippen molar-refractivity contribution in [2.24, 2.45) is 0 Å². The highest BCUT2D eigenvalue weighted by atomic mass is 35.5. The van der Waals surface area contributed by atoms with Gasteiger partial charge in [0.1, 0.15) is 34.0 Å². The first kappa shape index (κ1) is 28.9. The van der Waals surface area contributed by atoms with Gasteiger partial charge >= 0.3 is 11.9 Å². The highest BCUT2D eigenvalue weighted by Crippen LogP contribution is 2.44. The fourth-order valence-electron chi connectivity index (χ4n) is 4.28. The molecule has 13 heteroatoms. The Hall–Kier alpha value is -3.64. The normalized spacial score (nSPS) is 17.5. The van der Waals surface area contributed by atoms with E-state index in [2.05, 4.69) is 0 Å². The molecule has 4 rings (SSSR count). The summed E-state index contributed by atoms with van der Waals surface area (Å²) in [5.74, 6) is -4.33. The predicted octanol–water partition coefficient (Wildman–Crippen LogP) is 3.81. The molecule has 2 heterocycles. The van der Waals surface area contributed by atoms with Crippen LogP contribution in [0.25, 0.3) is 22.3 Å². The molecule has 202 valence electrons. The molecule has 0 saturated carbocycles. The lowest BCUT2D eigenvalue weighted by molar-refractivity contribution is -0.134. The molecule has 3 aromatic rings. The summed E-state index contributed by atoms with van der Waals surface area (Å²) in [6.45, 7) is 0.497. The minimum atomic E-state index is -1.26. The van der Waals surface area contributed by atoms with E-state index in [1.165, 1.54) is 6.07 Å². The highest BCUT2D eigenvalue weighted by Gasteiger charge is 2.36. The Balaban J connectivity index is 0.000000436. The van der Waals surface area contributed by atoms with Crippen molar-refractivity contribution in [1.82, 2.24) is 4.90 Å². The molecule has 2 unspecified atom stereocenters. The monoisotopic (exact) mass is 569 g/mol. The van der Waals surface area contributed by atoms with Gasteiger partial charge in [-0.05, 0) is 32.1 Å². The fraction of sp³-hybridized carbons (Fsp3) is 0.240. The van der Waals surface area contributed by atoms with Gasteiger partial charge in [0.15, 0.2) is 5.43 Å². The molecular formula is C25H22Cl2FNO9. The molecule has 10 nitrogen and oxygen atoms in total. The van der Waals surface area contributed by atoms with Crippen LogP contribution in [0.1, 0.15) is 17.9 Å². The van der Waals surface area contributed by atoms with E-state index in [4.69, 9.17) is 37.8 Å². The maximum Gasteiger partial charge on any atom is 0.328 e. The third-order valence-corrected chi connectivity index (χ3v) is 6.63. The lowest BCUT2D eigenvalue weighted by Gasteiger charge is -2.24. The number of halogens is 3. The Morgan fingerprint density at radius 2 is 1.71 bits per heavy atom. The summed E-state index contributed by atoms with van der Waals surface area (Å²) in [7, 11) is 1.85. The van der Waals surface area contributed by atoms with Gasteiger partial charge in [0.05, 0.1) is 16.7 Å². The van der Waals surface area contributed by atoms with E-state index in [0.29, 0.717) is 30.7 Å². The second kappa shape index (κ2) is 11.8. The average molecular weight is 570 g/mol. The van der Waals surface area contributed by atoms with Gasteiger partial charge in [0.25, 0.3) is 0 Å². The summed E-state index contributed by atoms with van der Waals surface area (Å²) in [5.41, 5.74) is -0.201. The quantitative estimate of drug-likeness (QED) is 0.225. The van der Waals surface area contributed by atoms with Crippen LogP contribution in [-0.4, -0.2) is 68.6 Å². The number of phenolic OH excluding ortho intramolecular Hbond substituents is 2. The van der Waals surface area contributed by atoms with Crippen LogP contribution in [0, 0.1) is 5.82 Å². The molecule has 0 bridgehead atoms. The second-order valence-corrected chi connectivity index (χ2v) is 9.20. The topological polar surface area (TPSA) is 169 Å². The zero-order valence-corrected chi connectivity index (χ0v) is 21.2. The molecule has 0 amide bonds. The van der Waals surface area contributed by atoms with E-state index in [1.54, 1.807) is 0 Å². The van der Waals surface area contributed by atoms with Crippen molar-refractivity contribution in [1.29, 1.82) is 0 Å². The molecule has 1 aliphatic rings. The van der Waals surface area contributed by atoms with Crippen molar-refractivity contribution in [2.75, 3.05) is 20.2 Å². The number of aliphatic hydroxyl groups excluding tert-OH is 1. The van der Waals surface area contributed by atoms with Crippen molar-refractivity contribution in [3.05, 3.63) is 68.1 Å². The average Bonchev–Trinajstić information content (AvgIpc) is 3.19. The molecule has 2 aromatic carbocycles. The van der Waals surface area contributed by atoms with E-state index in [0.717, 1.165) is 18.2 Å². The number of likely N-dealkylation sites (tertiary alicyclic amines) is 1. The number of aliphatic carboxylic acids is 2. The lowest BCUT2D eigenvalue weighted by Crippen LogP contribution is -2.32. The number of carbonyl (C=O) groups is 2. The first-order chi connectivity index (χ1) is 17.8. The number of aliphatic hydroxyl groups is 1. The Morgan fingerprint density at radius 1 is 1.08 bits per heavy atom. The van der Waals surface area contributed by atoms with Crippen molar-refractivity contribution >= 4 is 46.1 Å². The number of nitrogens with zero attached hydrogens (tertiary/aromatic N) is 1. The lowest BCUT2D eigenvalue weighted by atomic mass is 9.89. The van der Waals surface area contributed by atoms with Crippen LogP contribution in [0.2, 0.25) is 10.0 Å². The third-order valence-electron chi connectivity index (χ3n) is 6.02. The van der Waals surface area contributed by atoms with Gasteiger partial charge in [-0.25, -0.2) is 14.0 Å². The summed E-state index contributed by atoms with van der Waals surface area (Å²) in [6, 6.07) is 4.13. The SMILES string of the molecule is CN1CCC(c2c(O)cc(O)c3c(=O)cc(-c4cc(F)c(Cl)cc4Cl)oc23)C1CO.O=C(O)C=CC(=O)O. The predicted molar refractivity (Wildman–Crippen MR) is 137 cm³/mol. The molecule has 0 aliphatic carbocycles. The molecule has 0 radical (unpaired) electrons. The Kier molecular flexibility index (Phi) is 9.00. The van der Waals surface area contributed by atoms with Gasteiger partial charge in [-0.1, -0.05) is 23.2 Å². The van der Waals surface area contributed by atoms with E-state index in [-0.39, 0.29) is 56.7 Å². The fourth-order valence-corrected chi connectivity index (χ4v) is 4.75. The number of fused-ring (bicyclic) bond motifs is 1. The Morgan fingerprint density at radius 3 is 2.29 bits per heavy atom. The Labute approximate surface area is 224 Å². The molecule has 1 aromatic heterocycles. The van der Waals surface area contributed by atoms with Crippen LogP contribution in [-0.2, 0) is 9.59 Å². The number of hydrogen-bond acceptors (Lipinski definition) is 8. The van der Waals surface area contributed by atoms with E-state index in [9.17, 15) is 34.1 Å². The maximum absolute atomic E-state index is 14.0. The van der Waals surface area contributed by atoms with Gasteiger partial charge in [-0.3, -0.25) is 4.79 Å². The summed E-state index contributed by atoms with van der Waals surface area (Å²) >= 11 is 11.9. The van der Waals surface area contributed by atoms with Crippen LogP contribution in [0.15, 0.2) is 45.6 Å². The van der Waals surface area contributed by atoms with E-state index in [1.807, 2.05) is 11.9 Å². The number of rotatable bonds is 5. The van der Waals surface area contributed by atoms with Gasteiger partial charge in [0.2, 0.25) is 0 Å². The van der Waals surface area contributed by atoms with E-state index < -0.39 is 28.9 Å². The molecule has 2 atom stereocenters. The van der Waals surface area contributed by atoms with Crippen molar-refractivity contribution in [2.45, 2.75) is 18.4 Å². The number of aromatic hydroxyl groups is 2. The number of carboxylic acid groups (broad SMARTS) is 2. The third kappa shape index (κ3) is 6.08. The molecule has 0 spiro atoms. The van der Waals surface area contributed by atoms with E-state index >= 15 is 0 Å². The Bertz CT molecular complexity index is 1470. The van der Waals surface area contributed by atoms with Gasteiger partial charge < -0.3 is 34.8 Å². The van der Waals surface area contributed by atoms with Crippen molar-refractivity contribution < 1.29 is 43.9 Å². The first-order valence-corrected chi connectivity index (χ1v) is 11.7. The molecule has 1 fully saturated rings. The highest BCUT2D eigenvalue weighted by molar-refractivity contribution is 6.36. The standard InChI is InChI=1S/C21H18Cl2FNO5.C4H4O4/c1-25-3-2-9(14(25)8-26)19-15(27)6-16(28)20-17(29)7-18(30-21(19)20)10-4-13(24)12(23)5-11(10)22;5-3(6)1-2-4(7)8/h4-7,9,14,26-28H,2-3,8H2,1H3;1-2H,(H,5,6)(H,7,8). The van der Waals surface area contributed by atoms with Crippen LogP contribution in [0.3, 0.4) is 0 Å². The minimum Gasteiger partial charge on any atom is -0.507 e. The molecule has 1 saturated heterocycles. The number of benzene rings is 2. The number of hydrogen-bond donors (Lipinski definition) is 5. The van der Waals surface area contributed by atoms with Gasteiger partial charge in [-0.2, -0.15) is 0 Å². The van der Waals surface area contributed by atoms with Crippen LogP contribution in [0.5, 0.6) is 11.5 Å². The minimum absolute atomic E-state index is 0.0276. The smallest absolute Gasteiger partial charge is 0.328 e. The molecular weight excluding hydrogens is 548 g/mol. The maximum atomic E-state index is 14.0. The van der Waals surface area contributed by atoms with Crippen LogP contribution >= 0.6 is 23.2 Å². The number of carboxylic acids is 2. The molecule has 5 N–H and O–H groups in total. The number of phenols is 2. The van der Waals surface area contributed by atoms with Crippen LogP contribution in [0.4, 0.5) is 4.39 Å². The zero-order chi connectivity index (χ0) is 28.3. The summed E-state index contributed by atoms with van der Waals surface area (Å²) in [6.07, 6.45) is 1.71. The molecule has 1 aliphatic heterocycles. The van der Waals surface area contributed by atoms with Crippen molar-refractivity contribution in [3.8, 4) is 22.8 Å². The zero-order valence-electron chi connectivity index (χ0n) is 19.7. The van der Waals surface area contributed by atoms with Gasteiger partial charge in [-0.15, -0.1) is 0 Å². The van der Waals surface area contributed by atoms with Crippen molar-refractivity contribution in [3.63, 3.8) is 0 Å². The van der Waals surface area contributed by atoms with Crippen LogP contribution < -0.4 is 5.43 Å². The summed E-state index contributed by atoms with van der Waals surface area (Å²) < 4.78 is 20.0. The summed E-state index contributed by atoms with van der Waals surface area (Å²) in [5, 5.41) is 46.1.